The first-order valence-electron chi connectivity index (χ1n) is 12.4. The number of methoxy groups -OCH3 is 3. The molecule has 1 aliphatic carbocycles. The molecule has 0 spiro atoms. The van der Waals surface area contributed by atoms with Gasteiger partial charge >= 0.3 is 0 Å². The minimum absolute atomic E-state index is 0.0775. The molecule has 0 fully saturated rings. The van der Waals surface area contributed by atoms with E-state index in [4.69, 9.17) is 14.2 Å². The summed E-state index contributed by atoms with van der Waals surface area (Å²) in [6, 6.07) is 29.6. The van der Waals surface area contributed by atoms with Gasteiger partial charge in [0.05, 0.1) is 27.2 Å². The van der Waals surface area contributed by atoms with Crippen molar-refractivity contribution in [1.29, 1.82) is 0 Å². The van der Waals surface area contributed by atoms with E-state index in [9.17, 15) is 9.59 Å². The number of allylic oxidation sites excluding steroid dienone is 1. The van der Waals surface area contributed by atoms with Crippen LogP contribution in [0, 0.1) is 0 Å². The molecule has 38 heavy (non-hydrogen) atoms. The van der Waals surface area contributed by atoms with Crippen LogP contribution in [0.4, 0.5) is 0 Å². The van der Waals surface area contributed by atoms with Crippen LogP contribution in [0.25, 0.3) is 6.08 Å². The molecule has 0 N–H and O–H groups in total. The predicted molar refractivity (Wildman–Crippen MR) is 148 cm³/mol. The molecule has 5 rings (SSSR count). The van der Waals surface area contributed by atoms with Gasteiger partial charge in [-0.25, -0.2) is 0 Å². The van der Waals surface area contributed by atoms with Crippen LogP contribution in [-0.2, 0) is 0 Å². The molecule has 0 amide bonds. The first-order valence-corrected chi connectivity index (χ1v) is 12.4. The van der Waals surface area contributed by atoms with E-state index in [2.05, 4.69) is 0 Å². The van der Waals surface area contributed by atoms with Gasteiger partial charge in [0, 0.05) is 22.6 Å². The van der Waals surface area contributed by atoms with E-state index in [-0.39, 0.29) is 11.6 Å². The molecular formula is C33H28O5. The minimum atomic E-state index is -0.673. The molecule has 1 aliphatic rings. The van der Waals surface area contributed by atoms with Gasteiger partial charge in [-0.1, -0.05) is 72.8 Å². The standard InChI is InChI=1S/C33H28O5/c1-36-25-16-14-21(15-17-25)30-27(32(34)22-10-6-4-7-11-22)18-24-19-28(37-2)29(38-3)20-26(24)31(30)33(35)23-12-8-5-9-13-23/h4-20,30-31H,1-3H3/t30-,31-/m1/s1. The zero-order valence-corrected chi connectivity index (χ0v) is 21.5. The second kappa shape index (κ2) is 10.8. The molecule has 5 heteroatoms. The van der Waals surface area contributed by atoms with Crippen LogP contribution in [0.3, 0.4) is 0 Å². The highest BCUT2D eigenvalue weighted by atomic mass is 16.5. The van der Waals surface area contributed by atoms with Crippen molar-refractivity contribution in [3.05, 3.63) is 130 Å². The number of ketones is 2. The number of Topliss-reactive ketones (excluding diaryl/α,β-unsaturated/α-hetero) is 2. The van der Waals surface area contributed by atoms with Crippen LogP contribution in [0.1, 0.15) is 49.2 Å². The van der Waals surface area contributed by atoms with Gasteiger partial charge in [-0.3, -0.25) is 9.59 Å². The minimum Gasteiger partial charge on any atom is -0.497 e. The van der Waals surface area contributed by atoms with E-state index in [1.807, 2.05) is 91.0 Å². The molecule has 0 saturated heterocycles. The fourth-order valence-corrected chi connectivity index (χ4v) is 5.14. The topological polar surface area (TPSA) is 61.8 Å². The zero-order chi connectivity index (χ0) is 26.6. The van der Waals surface area contributed by atoms with Crippen LogP contribution < -0.4 is 14.2 Å². The lowest BCUT2D eigenvalue weighted by atomic mass is 9.67. The summed E-state index contributed by atoms with van der Waals surface area (Å²) in [6.45, 7) is 0. The lowest BCUT2D eigenvalue weighted by molar-refractivity contribution is 0.0944. The Morgan fingerprint density at radius 3 is 1.82 bits per heavy atom. The summed E-state index contributed by atoms with van der Waals surface area (Å²) >= 11 is 0. The highest BCUT2D eigenvalue weighted by molar-refractivity contribution is 6.15. The number of fused-ring (bicyclic) bond motifs is 1. The van der Waals surface area contributed by atoms with Crippen LogP contribution >= 0.6 is 0 Å². The molecule has 190 valence electrons. The Morgan fingerprint density at radius 2 is 1.24 bits per heavy atom. The number of carbonyl (C=O) groups excluding carboxylic acids is 2. The maximum atomic E-state index is 14.3. The van der Waals surface area contributed by atoms with Crippen molar-refractivity contribution in [2.45, 2.75) is 11.8 Å². The summed E-state index contributed by atoms with van der Waals surface area (Å²) in [7, 11) is 4.75. The Bertz CT molecular complexity index is 1490. The van der Waals surface area contributed by atoms with Crippen LogP contribution in [0.5, 0.6) is 17.2 Å². The van der Waals surface area contributed by atoms with E-state index in [1.54, 1.807) is 33.5 Å². The molecule has 0 saturated carbocycles. The first-order chi connectivity index (χ1) is 18.5. The number of hydrogen-bond donors (Lipinski definition) is 0. The molecule has 0 unspecified atom stereocenters. The average Bonchev–Trinajstić information content (AvgIpc) is 2.99. The molecule has 0 radical (unpaired) electrons. The maximum absolute atomic E-state index is 14.3. The van der Waals surface area contributed by atoms with E-state index >= 15 is 0 Å². The van der Waals surface area contributed by atoms with Gasteiger partial charge in [0.15, 0.2) is 23.1 Å². The molecule has 4 aromatic carbocycles. The molecule has 0 heterocycles. The van der Waals surface area contributed by atoms with E-state index in [0.717, 1.165) is 16.7 Å². The Morgan fingerprint density at radius 1 is 0.658 bits per heavy atom. The Balaban J connectivity index is 1.79. The van der Waals surface area contributed by atoms with Crippen molar-refractivity contribution in [2.75, 3.05) is 21.3 Å². The summed E-state index contributed by atoms with van der Waals surface area (Å²) in [5.74, 6) is 0.339. The second-order valence-electron chi connectivity index (χ2n) is 9.09. The number of carbonyl (C=O) groups is 2. The summed E-state index contributed by atoms with van der Waals surface area (Å²) in [6.07, 6.45) is 1.89. The molecule has 2 atom stereocenters. The quantitative estimate of drug-likeness (QED) is 0.249. The average molecular weight is 505 g/mol. The van der Waals surface area contributed by atoms with Gasteiger partial charge in [0.25, 0.3) is 0 Å². The third-order valence-electron chi connectivity index (χ3n) is 7.02. The predicted octanol–water partition coefficient (Wildman–Crippen LogP) is 6.74. The maximum Gasteiger partial charge on any atom is 0.189 e. The van der Waals surface area contributed by atoms with Gasteiger partial charge in [-0.15, -0.1) is 0 Å². The van der Waals surface area contributed by atoms with Gasteiger partial charge in [0.1, 0.15) is 5.75 Å². The summed E-state index contributed by atoms with van der Waals surface area (Å²) in [5.41, 5.74) is 4.05. The molecule has 0 aliphatic heterocycles. The number of ether oxygens (including phenoxy) is 3. The molecule has 5 nitrogen and oxygen atoms in total. The lowest BCUT2D eigenvalue weighted by Gasteiger charge is -2.34. The van der Waals surface area contributed by atoms with Crippen molar-refractivity contribution in [2.24, 2.45) is 0 Å². The first kappa shape index (κ1) is 25.0. The summed E-state index contributed by atoms with van der Waals surface area (Å²) in [5, 5.41) is 0. The second-order valence-corrected chi connectivity index (χ2v) is 9.09. The van der Waals surface area contributed by atoms with E-state index in [1.165, 1.54) is 0 Å². The molecule has 0 bridgehead atoms. The lowest BCUT2D eigenvalue weighted by Crippen LogP contribution is -2.28. The SMILES string of the molecule is COc1ccc([C@@H]2C(C(=O)c3ccccc3)=Cc3cc(OC)c(OC)cc3[C@H]2C(=O)c2ccccc2)cc1. The number of benzene rings is 4. The van der Waals surface area contributed by atoms with Crippen LogP contribution in [0.15, 0.2) is 103 Å². The Kier molecular flexibility index (Phi) is 7.09. The normalized spacial score (nSPS) is 16.1. The van der Waals surface area contributed by atoms with Gasteiger partial charge < -0.3 is 14.2 Å². The van der Waals surface area contributed by atoms with Gasteiger partial charge in [-0.2, -0.15) is 0 Å². The largest absolute Gasteiger partial charge is 0.497 e. The van der Waals surface area contributed by atoms with Crippen LogP contribution in [0.2, 0.25) is 0 Å². The van der Waals surface area contributed by atoms with Crippen molar-refractivity contribution < 1.29 is 23.8 Å². The fourth-order valence-electron chi connectivity index (χ4n) is 5.14. The third kappa shape index (κ3) is 4.59. The van der Waals surface area contributed by atoms with Gasteiger partial charge in [0.2, 0.25) is 0 Å². The number of rotatable bonds is 8. The number of hydrogen-bond acceptors (Lipinski definition) is 5. The summed E-state index contributed by atoms with van der Waals surface area (Å²) in [4.78, 5) is 28.3. The van der Waals surface area contributed by atoms with Crippen molar-refractivity contribution in [1.82, 2.24) is 0 Å². The fraction of sp³-hybridized carbons (Fsp3) is 0.152. The highest BCUT2D eigenvalue weighted by Crippen LogP contribution is 2.49. The highest BCUT2D eigenvalue weighted by Gasteiger charge is 2.41. The van der Waals surface area contributed by atoms with Gasteiger partial charge in [-0.05, 0) is 47.0 Å². The smallest absolute Gasteiger partial charge is 0.189 e. The third-order valence-corrected chi connectivity index (χ3v) is 7.02. The van der Waals surface area contributed by atoms with Crippen molar-refractivity contribution in [3.8, 4) is 17.2 Å². The van der Waals surface area contributed by atoms with Crippen LogP contribution in [-0.4, -0.2) is 32.9 Å². The van der Waals surface area contributed by atoms with Crippen molar-refractivity contribution >= 4 is 17.6 Å². The Labute approximate surface area is 222 Å². The van der Waals surface area contributed by atoms with E-state index in [0.29, 0.717) is 33.9 Å². The molecule has 4 aromatic rings. The monoisotopic (exact) mass is 504 g/mol. The summed E-state index contributed by atoms with van der Waals surface area (Å²) < 4.78 is 16.5. The zero-order valence-electron chi connectivity index (χ0n) is 21.5. The van der Waals surface area contributed by atoms with Crippen molar-refractivity contribution in [3.63, 3.8) is 0 Å². The van der Waals surface area contributed by atoms with E-state index < -0.39 is 11.8 Å². The molecule has 0 aromatic heterocycles. The molecular weight excluding hydrogens is 476 g/mol. The Hall–Kier alpha value is -4.64.